The molecule has 1 aliphatic heterocycles. The maximum Gasteiger partial charge on any atom is 0.339 e. The van der Waals surface area contributed by atoms with Crippen LogP contribution in [0, 0.1) is 6.92 Å². The number of ether oxygens (including phenoxy) is 3. The van der Waals surface area contributed by atoms with Gasteiger partial charge in [0.15, 0.2) is 0 Å². The van der Waals surface area contributed by atoms with Gasteiger partial charge in [0.1, 0.15) is 18.5 Å². The minimum Gasteiger partial charge on any atom is -0.496 e. The number of carbonyl (C=O) groups excluding carboxylic acids is 2. The highest BCUT2D eigenvalue weighted by Gasteiger charge is 2.37. The van der Waals surface area contributed by atoms with Crippen LogP contribution in [0.25, 0.3) is 5.57 Å². The third-order valence-electron chi connectivity index (χ3n) is 5.40. The van der Waals surface area contributed by atoms with Crippen molar-refractivity contribution in [3.63, 3.8) is 0 Å². The highest BCUT2D eigenvalue weighted by atomic mass is 16.5. The number of benzene rings is 1. The van der Waals surface area contributed by atoms with Crippen LogP contribution in [-0.4, -0.2) is 36.2 Å². The van der Waals surface area contributed by atoms with Gasteiger partial charge in [-0.2, -0.15) is 0 Å². The first kappa shape index (κ1) is 19.9. The number of carbonyl (C=O) groups is 3. The summed E-state index contributed by atoms with van der Waals surface area (Å²) in [4.78, 5) is 37.3. The number of methoxy groups -OCH3 is 1. The Morgan fingerprint density at radius 2 is 1.86 bits per heavy atom. The fraction of sp³-hybridized carbons (Fsp3) is 0.476. The smallest absolute Gasteiger partial charge is 0.339 e. The summed E-state index contributed by atoms with van der Waals surface area (Å²) in [7, 11) is 1.40. The van der Waals surface area contributed by atoms with Gasteiger partial charge in [0, 0.05) is 11.1 Å². The molecule has 150 valence electrons. The van der Waals surface area contributed by atoms with Crippen LogP contribution >= 0.6 is 0 Å². The van der Waals surface area contributed by atoms with Crippen molar-refractivity contribution in [1.29, 1.82) is 0 Å². The molecule has 2 aliphatic rings. The molecule has 1 aromatic carbocycles. The molecule has 1 saturated carbocycles. The van der Waals surface area contributed by atoms with E-state index in [1.165, 1.54) is 13.2 Å². The number of hydrogen-bond acceptors (Lipinski definition) is 6. The average molecular weight is 388 g/mol. The van der Waals surface area contributed by atoms with Gasteiger partial charge in [-0.3, -0.25) is 0 Å². The number of allylic oxidation sites excluding steroid dienone is 1. The predicted octanol–water partition coefficient (Wildman–Crippen LogP) is 3.65. The molecule has 1 aliphatic carbocycles. The van der Waals surface area contributed by atoms with Gasteiger partial charge < -0.3 is 19.3 Å². The lowest BCUT2D eigenvalue weighted by Gasteiger charge is -2.24. The molecule has 0 saturated heterocycles. The Morgan fingerprint density at radius 1 is 1.18 bits per heavy atom. The van der Waals surface area contributed by atoms with Gasteiger partial charge in [0.2, 0.25) is 0 Å². The van der Waals surface area contributed by atoms with E-state index in [9.17, 15) is 19.5 Å². The van der Waals surface area contributed by atoms with E-state index in [4.69, 9.17) is 14.2 Å². The lowest BCUT2D eigenvalue weighted by Crippen LogP contribution is -2.23. The summed E-state index contributed by atoms with van der Waals surface area (Å²) in [6.07, 6.45) is 6.01. The molecule has 1 aromatic rings. The number of carboxylic acid groups (broad SMARTS) is 1. The Morgan fingerprint density at radius 3 is 2.43 bits per heavy atom. The first-order valence-corrected chi connectivity index (χ1v) is 9.42. The standard InChI is InChI=1S/C21H24O7/c1-4-13(20(24)28-12-8-6-5-7-9-12)15-17(19(22)23)16-14(10-27-21(16)25)11(2)18(15)26-3/h4,12H,5-10H2,1-3H3,(H,22,23). The molecule has 1 N–H and O–H groups in total. The predicted molar refractivity (Wildman–Crippen MR) is 100 cm³/mol. The monoisotopic (exact) mass is 388 g/mol. The summed E-state index contributed by atoms with van der Waals surface area (Å²) in [5.74, 6) is -2.41. The molecule has 28 heavy (non-hydrogen) atoms. The maximum absolute atomic E-state index is 12.9. The number of carboxylic acids is 1. The molecule has 7 nitrogen and oxygen atoms in total. The van der Waals surface area contributed by atoms with Crippen molar-refractivity contribution in [2.24, 2.45) is 0 Å². The van der Waals surface area contributed by atoms with E-state index >= 15 is 0 Å². The fourth-order valence-corrected chi connectivity index (χ4v) is 4.01. The van der Waals surface area contributed by atoms with E-state index in [1.807, 2.05) is 0 Å². The van der Waals surface area contributed by atoms with Gasteiger partial charge in [0.25, 0.3) is 0 Å². The van der Waals surface area contributed by atoms with Crippen LogP contribution in [0.3, 0.4) is 0 Å². The van der Waals surface area contributed by atoms with Crippen LogP contribution in [0.2, 0.25) is 0 Å². The molecular weight excluding hydrogens is 364 g/mol. The summed E-state index contributed by atoms with van der Waals surface area (Å²) in [5.41, 5.74) is 0.880. The van der Waals surface area contributed by atoms with Crippen LogP contribution < -0.4 is 4.74 Å². The number of rotatable bonds is 5. The van der Waals surface area contributed by atoms with Crippen LogP contribution in [0.15, 0.2) is 6.08 Å². The zero-order valence-electron chi connectivity index (χ0n) is 16.3. The Kier molecular flexibility index (Phi) is 5.72. The number of aromatic carboxylic acids is 1. The maximum atomic E-state index is 12.9. The third kappa shape index (κ3) is 3.37. The largest absolute Gasteiger partial charge is 0.496 e. The SMILES string of the molecule is CC=C(C(=O)OC1CCCCC1)c1c(OC)c(C)c2c(c1C(=O)O)C(=O)OC2. The molecule has 1 heterocycles. The van der Waals surface area contributed by atoms with Gasteiger partial charge in [-0.1, -0.05) is 12.5 Å². The molecule has 0 amide bonds. The van der Waals surface area contributed by atoms with E-state index in [2.05, 4.69) is 0 Å². The second-order valence-corrected chi connectivity index (χ2v) is 7.01. The van der Waals surface area contributed by atoms with Crippen molar-refractivity contribution < 1.29 is 33.7 Å². The molecule has 0 unspecified atom stereocenters. The summed E-state index contributed by atoms with van der Waals surface area (Å²) in [6.45, 7) is 3.33. The highest BCUT2D eigenvalue weighted by molar-refractivity contribution is 6.22. The van der Waals surface area contributed by atoms with Crippen LogP contribution in [-0.2, 0) is 20.9 Å². The number of cyclic esters (lactones) is 1. The third-order valence-corrected chi connectivity index (χ3v) is 5.40. The molecule has 0 radical (unpaired) electrons. The summed E-state index contributed by atoms with van der Waals surface area (Å²) >= 11 is 0. The van der Waals surface area contributed by atoms with E-state index in [1.54, 1.807) is 13.8 Å². The molecule has 0 atom stereocenters. The van der Waals surface area contributed by atoms with Crippen molar-refractivity contribution in [2.75, 3.05) is 7.11 Å². The topological polar surface area (TPSA) is 99.1 Å². The van der Waals surface area contributed by atoms with Crippen LogP contribution in [0.1, 0.15) is 76.4 Å². The number of esters is 2. The Bertz CT molecular complexity index is 860. The summed E-state index contributed by atoms with van der Waals surface area (Å²) in [6, 6.07) is 0. The Labute approximate surface area is 163 Å². The van der Waals surface area contributed by atoms with Crippen molar-refractivity contribution in [3.05, 3.63) is 33.9 Å². The summed E-state index contributed by atoms with van der Waals surface area (Å²) in [5, 5.41) is 9.86. The molecular formula is C21H24O7. The molecule has 0 aromatic heterocycles. The van der Waals surface area contributed by atoms with Crippen LogP contribution in [0.5, 0.6) is 5.75 Å². The van der Waals surface area contributed by atoms with Gasteiger partial charge in [0.05, 0.1) is 23.8 Å². The Hall–Kier alpha value is -2.83. The second kappa shape index (κ2) is 8.04. The number of hydrogen-bond donors (Lipinski definition) is 1. The summed E-state index contributed by atoms with van der Waals surface area (Å²) < 4.78 is 16.2. The second-order valence-electron chi connectivity index (χ2n) is 7.01. The zero-order valence-corrected chi connectivity index (χ0v) is 16.3. The number of fused-ring (bicyclic) bond motifs is 1. The lowest BCUT2D eigenvalue weighted by molar-refractivity contribution is -0.143. The average Bonchev–Trinajstić information content (AvgIpc) is 3.05. The van der Waals surface area contributed by atoms with E-state index in [0.29, 0.717) is 11.1 Å². The van der Waals surface area contributed by atoms with Gasteiger partial charge in [-0.15, -0.1) is 0 Å². The molecule has 0 spiro atoms. The quantitative estimate of drug-likeness (QED) is 0.607. The van der Waals surface area contributed by atoms with Crippen molar-refractivity contribution in [1.82, 2.24) is 0 Å². The van der Waals surface area contributed by atoms with Gasteiger partial charge in [-0.25, -0.2) is 14.4 Å². The van der Waals surface area contributed by atoms with Crippen molar-refractivity contribution in [2.45, 2.75) is 58.7 Å². The Balaban J connectivity index is 2.14. The van der Waals surface area contributed by atoms with E-state index in [-0.39, 0.29) is 40.7 Å². The van der Waals surface area contributed by atoms with E-state index < -0.39 is 17.9 Å². The van der Waals surface area contributed by atoms with Gasteiger partial charge in [-0.05, 0) is 45.1 Å². The highest BCUT2D eigenvalue weighted by Crippen LogP contribution is 2.41. The van der Waals surface area contributed by atoms with Crippen molar-refractivity contribution in [3.8, 4) is 5.75 Å². The molecule has 3 rings (SSSR count). The lowest BCUT2D eigenvalue weighted by atomic mass is 9.88. The first-order chi connectivity index (χ1) is 13.4. The minimum absolute atomic E-state index is 0.0192. The van der Waals surface area contributed by atoms with Crippen LogP contribution in [0.4, 0.5) is 0 Å². The fourth-order valence-electron chi connectivity index (χ4n) is 4.01. The zero-order chi connectivity index (χ0) is 20.4. The molecule has 1 fully saturated rings. The van der Waals surface area contributed by atoms with Gasteiger partial charge >= 0.3 is 17.9 Å². The van der Waals surface area contributed by atoms with Crippen molar-refractivity contribution >= 4 is 23.5 Å². The minimum atomic E-state index is -1.33. The molecule has 7 heteroatoms. The normalized spacial score (nSPS) is 17.1. The molecule has 0 bridgehead atoms. The van der Waals surface area contributed by atoms with E-state index in [0.717, 1.165) is 32.1 Å². The first-order valence-electron chi connectivity index (χ1n) is 9.42.